The molecule has 20 heavy (non-hydrogen) atoms. The van der Waals surface area contributed by atoms with Crippen LogP contribution in [0.5, 0.6) is 0 Å². The van der Waals surface area contributed by atoms with Gasteiger partial charge in [0.15, 0.2) is 0 Å². The van der Waals surface area contributed by atoms with Crippen molar-refractivity contribution in [2.45, 2.75) is 64.5 Å². The van der Waals surface area contributed by atoms with Crippen molar-refractivity contribution in [2.75, 3.05) is 14.2 Å². The molecule has 0 radical (unpaired) electrons. The molecule has 2 heteroatoms. The quantitative estimate of drug-likeness (QED) is 0.854. The Labute approximate surface area is 123 Å². The van der Waals surface area contributed by atoms with Crippen LogP contribution in [0.4, 0.5) is 0 Å². The number of benzene rings is 1. The van der Waals surface area contributed by atoms with E-state index in [1.807, 2.05) is 7.11 Å². The van der Waals surface area contributed by atoms with Gasteiger partial charge in [-0.1, -0.05) is 17.7 Å². The lowest BCUT2D eigenvalue weighted by Crippen LogP contribution is -2.46. The summed E-state index contributed by atoms with van der Waals surface area (Å²) in [5, 5.41) is 3.50. The van der Waals surface area contributed by atoms with Crippen molar-refractivity contribution in [3.05, 3.63) is 34.4 Å². The second-order valence-corrected chi connectivity index (χ2v) is 6.51. The molecule has 0 saturated heterocycles. The normalized spacial score (nSPS) is 18.6. The fourth-order valence-electron chi connectivity index (χ4n) is 3.57. The van der Waals surface area contributed by atoms with Gasteiger partial charge in [-0.15, -0.1) is 0 Å². The lowest BCUT2D eigenvalue weighted by Gasteiger charge is -2.43. The predicted octanol–water partition coefficient (Wildman–Crippen LogP) is 3.70. The second-order valence-electron chi connectivity index (χ2n) is 6.51. The standard InChI is InChI=1S/C18H29NO/c1-13-9-14(2)17(15(3)10-13)11-16(19-4)12-18(20-5)7-6-8-18/h9-10,16,19H,6-8,11-12H2,1-5H3. The molecule has 1 aliphatic carbocycles. The summed E-state index contributed by atoms with van der Waals surface area (Å²) in [6.07, 6.45) is 5.96. The fourth-order valence-corrected chi connectivity index (χ4v) is 3.57. The molecule has 0 aliphatic heterocycles. The Morgan fingerprint density at radius 3 is 2.20 bits per heavy atom. The van der Waals surface area contributed by atoms with Gasteiger partial charge in [-0.3, -0.25) is 0 Å². The highest BCUT2D eigenvalue weighted by Gasteiger charge is 2.38. The highest BCUT2D eigenvalue weighted by atomic mass is 16.5. The Balaban J connectivity index is 2.10. The van der Waals surface area contributed by atoms with E-state index in [-0.39, 0.29) is 5.60 Å². The molecule has 1 fully saturated rings. The molecule has 1 saturated carbocycles. The summed E-state index contributed by atoms with van der Waals surface area (Å²) in [7, 11) is 3.94. The first-order chi connectivity index (χ1) is 9.49. The van der Waals surface area contributed by atoms with E-state index in [4.69, 9.17) is 4.74 Å². The maximum Gasteiger partial charge on any atom is 0.0693 e. The average Bonchev–Trinajstić information content (AvgIpc) is 2.35. The topological polar surface area (TPSA) is 21.3 Å². The highest BCUT2D eigenvalue weighted by molar-refractivity contribution is 5.38. The summed E-state index contributed by atoms with van der Waals surface area (Å²) in [5.41, 5.74) is 5.84. The molecule has 1 atom stereocenters. The van der Waals surface area contributed by atoms with Crippen molar-refractivity contribution >= 4 is 0 Å². The molecule has 1 aromatic carbocycles. The molecule has 1 aliphatic rings. The molecule has 112 valence electrons. The van der Waals surface area contributed by atoms with Crippen LogP contribution in [0.2, 0.25) is 0 Å². The molecule has 1 unspecified atom stereocenters. The minimum Gasteiger partial charge on any atom is -0.378 e. The molecule has 2 rings (SSSR count). The number of ether oxygens (including phenoxy) is 1. The Morgan fingerprint density at radius 2 is 1.80 bits per heavy atom. The SMILES string of the molecule is CNC(Cc1c(C)cc(C)cc1C)CC1(OC)CCC1. The van der Waals surface area contributed by atoms with Crippen LogP contribution in [-0.2, 0) is 11.2 Å². The smallest absolute Gasteiger partial charge is 0.0693 e. The molecule has 0 aromatic heterocycles. The van der Waals surface area contributed by atoms with Crippen molar-refractivity contribution in [1.82, 2.24) is 5.32 Å². The lowest BCUT2D eigenvalue weighted by molar-refractivity contribution is -0.0830. The van der Waals surface area contributed by atoms with Crippen LogP contribution in [0.1, 0.15) is 47.9 Å². The Hall–Kier alpha value is -0.860. The van der Waals surface area contributed by atoms with Crippen molar-refractivity contribution in [3.63, 3.8) is 0 Å². The summed E-state index contributed by atoms with van der Waals surface area (Å²) in [5.74, 6) is 0. The molecule has 0 heterocycles. The number of nitrogens with one attached hydrogen (secondary N) is 1. The first kappa shape index (κ1) is 15.5. The fraction of sp³-hybridized carbons (Fsp3) is 0.667. The second kappa shape index (κ2) is 6.28. The zero-order valence-corrected chi connectivity index (χ0v) is 13.7. The zero-order chi connectivity index (χ0) is 14.8. The molecule has 1 N–H and O–H groups in total. The van der Waals surface area contributed by atoms with Crippen molar-refractivity contribution in [2.24, 2.45) is 0 Å². The molecule has 1 aromatic rings. The molecular formula is C18H29NO. The molecule has 0 spiro atoms. The van der Waals surface area contributed by atoms with Gasteiger partial charge < -0.3 is 10.1 Å². The summed E-state index contributed by atoms with van der Waals surface area (Å²) >= 11 is 0. The number of methoxy groups -OCH3 is 1. The first-order valence-corrected chi connectivity index (χ1v) is 7.79. The van der Waals surface area contributed by atoms with Crippen LogP contribution in [0.3, 0.4) is 0 Å². The van der Waals surface area contributed by atoms with E-state index in [0.29, 0.717) is 6.04 Å². The van der Waals surface area contributed by atoms with E-state index in [1.54, 1.807) is 0 Å². The number of hydrogen-bond acceptors (Lipinski definition) is 2. The van der Waals surface area contributed by atoms with Crippen molar-refractivity contribution in [1.29, 1.82) is 0 Å². The summed E-state index contributed by atoms with van der Waals surface area (Å²) in [6, 6.07) is 5.09. The Morgan fingerprint density at radius 1 is 1.20 bits per heavy atom. The van der Waals surface area contributed by atoms with Crippen LogP contribution < -0.4 is 5.32 Å². The van der Waals surface area contributed by atoms with Crippen LogP contribution in [0.25, 0.3) is 0 Å². The largest absolute Gasteiger partial charge is 0.378 e. The van der Waals surface area contributed by atoms with Gasteiger partial charge in [0.1, 0.15) is 0 Å². The summed E-state index contributed by atoms with van der Waals surface area (Å²) < 4.78 is 5.78. The van der Waals surface area contributed by atoms with Crippen molar-refractivity contribution < 1.29 is 4.74 Å². The average molecular weight is 275 g/mol. The highest BCUT2D eigenvalue weighted by Crippen LogP contribution is 2.39. The van der Waals surface area contributed by atoms with E-state index in [9.17, 15) is 0 Å². The zero-order valence-electron chi connectivity index (χ0n) is 13.7. The number of aryl methyl sites for hydroxylation is 3. The van der Waals surface area contributed by atoms with E-state index >= 15 is 0 Å². The van der Waals surface area contributed by atoms with E-state index in [0.717, 1.165) is 12.8 Å². The maximum absolute atomic E-state index is 5.78. The number of likely N-dealkylation sites (N-methyl/N-ethyl adjacent to an activating group) is 1. The number of hydrogen-bond donors (Lipinski definition) is 1. The van der Waals surface area contributed by atoms with Gasteiger partial charge >= 0.3 is 0 Å². The monoisotopic (exact) mass is 275 g/mol. The molecular weight excluding hydrogens is 246 g/mol. The maximum atomic E-state index is 5.78. The van der Waals surface area contributed by atoms with Crippen LogP contribution >= 0.6 is 0 Å². The van der Waals surface area contributed by atoms with E-state index in [2.05, 4.69) is 45.3 Å². The van der Waals surface area contributed by atoms with Gasteiger partial charge in [0.25, 0.3) is 0 Å². The van der Waals surface area contributed by atoms with Crippen LogP contribution in [0.15, 0.2) is 12.1 Å². The van der Waals surface area contributed by atoms with Gasteiger partial charge in [-0.25, -0.2) is 0 Å². The van der Waals surface area contributed by atoms with E-state index < -0.39 is 0 Å². The predicted molar refractivity (Wildman–Crippen MR) is 85.4 cm³/mol. The summed E-state index contributed by atoms with van der Waals surface area (Å²) in [4.78, 5) is 0. The van der Waals surface area contributed by atoms with Gasteiger partial charge in [0, 0.05) is 13.2 Å². The molecule has 0 amide bonds. The Bertz CT molecular complexity index is 434. The third-order valence-corrected chi connectivity index (χ3v) is 5.02. The van der Waals surface area contributed by atoms with E-state index in [1.165, 1.54) is 41.5 Å². The third-order valence-electron chi connectivity index (χ3n) is 5.02. The third kappa shape index (κ3) is 3.24. The van der Waals surface area contributed by atoms with Crippen LogP contribution in [0, 0.1) is 20.8 Å². The van der Waals surface area contributed by atoms with Gasteiger partial charge in [-0.2, -0.15) is 0 Å². The van der Waals surface area contributed by atoms with Gasteiger partial charge in [0.2, 0.25) is 0 Å². The first-order valence-electron chi connectivity index (χ1n) is 7.79. The van der Waals surface area contributed by atoms with Crippen molar-refractivity contribution in [3.8, 4) is 0 Å². The van der Waals surface area contributed by atoms with Gasteiger partial charge in [-0.05, 0) is 76.6 Å². The minimum absolute atomic E-state index is 0.139. The Kier molecular flexibility index (Phi) is 4.87. The molecule has 0 bridgehead atoms. The minimum atomic E-state index is 0.139. The molecule has 2 nitrogen and oxygen atoms in total. The van der Waals surface area contributed by atoms with Gasteiger partial charge in [0.05, 0.1) is 5.60 Å². The number of rotatable bonds is 6. The summed E-state index contributed by atoms with van der Waals surface area (Å²) in [6.45, 7) is 6.64. The van der Waals surface area contributed by atoms with Crippen LogP contribution in [-0.4, -0.2) is 25.8 Å². The lowest BCUT2D eigenvalue weighted by atomic mass is 9.74.